The molecule has 1 saturated heterocycles. The molecule has 0 aliphatic carbocycles. The highest BCUT2D eigenvalue weighted by Gasteiger charge is 2.58. The highest BCUT2D eigenvalue weighted by Crippen LogP contribution is 2.41. The molecule has 8 heteroatoms. The van der Waals surface area contributed by atoms with Crippen LogP contribution >= 0.6 is 15.9 Å². The Balaban J connectivity index is 1.64. The lowest BCUT2D eigenvalue weighted by Crippen LogP contribution is -2.40. The van der Waals surface area contributed by atoms with Gasteiger partial charge in [-0.25, -0.2) is 4.90 Å². The molecule has 0 saturated carbocycles. The second-order valence-electron chi connectivity index (χ2n) is 6.53. The van der Waals surface area contributed by atoms with Crippen molar-refractivity contribution in [2.24, 2.45) is 5.16 Å². The lowest BCUT2D eigenvalue weighted by Gasteiger charge is -2.19. The molecule has 1 fully saturated rings. The van der Waals surface area contributed by atoms with Crippen LogP contribution in [0.25, 0.3) is 0 Å². The molecule has 7 nitrogen and oxygen atoms in total. The number of carbonyl (C=O) groups is 2. The van der Waals surface area contributed by atoms with Gasteiger partial charge >= 0.3 is 0 Å². The third kappa shape index (κ3) is 2.84. The van der Waals surface area contributed by atoms with Gasteiger partial charge in [-0.15, -0.1) is 0 Å². The van der Waals surface area contributed by atoms with Crippen LogP contribution < -0.4 is 14.4 Å². The Morgan fingerprint density at radius 3 is 2.50 bits per heavy atom. The smallest absolute Gasteiger partial charge is 0.281 e. The number of nitrogens with zero attached hydrogens (tertiary/aromatic N) is 2. The fourth-order valence-corrected chi connectivity index (χ4v) is 3.78. The van der Waals surface area contributed by atoms with Gasteiger partial charge < -0.3 is 14.3 Å². The maximum absolute atomic E-state index is 13.1. The number of oxime groups is 1. The van der Waals surface area contributed by atoms with Gasteiger partial charge in [0.2, 0.25) is 11.5 Å². The average Bonchev–Trinajstić information content (AvgIpc) is 3.23. The van der Waals surface area contributed by atoms with Crippen molar-refractivity contribution in [3.05, 3.63) is 52.5 Å². The van der Waals surface area contributed by atoms with Crippen molar-refractivity contribution < 1.29 is 23.9 Å². The van der Waals surface area contributed by atoms with Gasteiger partial charge in [0.05, 0.1) is 32.0 Å². The second kappa shape index (κ2) is 6.94. The molecule has 0 radical (unpaired) electrons. The van der Waals surface area contributed by atoms with Gasteiger partial charge in [0, 0.05) is 16.5 Å². The third-order valence-electron chi connectivity index (χ3n) is 4.86. The summed E-state index contributed by atoms with van der Waals surface area (Å²) in [4.78, 5) is 32.5. The normalized spacial score (nSPS) is 21.1. The van der Waals surface area contributed by atoms with E-state index in [9.17, 15) is 9.59 Å². The van der Waals surface area contributed by atoms with Crippen molar-refractivity contribution in [2.75, 3.05) is 19.1 Å². The second-order valence-corrected chi connectivity index (χ2v) is 7.44. The first-order valence-corrected chi connectivity index (χ1v) is 9.38. The van der Waals surface area contributed by atoms with Gasteiger partial charge in [0.25, 0.3) is 5.91 Å². The predicted octanol–water partition coefficient (Wildman–Crippen LogP) is 3.29. The first-order valence-electron chi connectivity index (χ1n) is 8.58. The number of hydrogen-bond donors (Lipinski definition) is 0. The monoisotopic (exact) mass is 444 g/mol. The number of halogens is 1. The summed E-state index contributed by atoms with van der Waals surface area (Å²) in [5.41, 5.74) is 0.384. The molecule has 2 aliphatic rings. The van der Waals surface area contributed by atoms with Gasteiger partial charge in [0.1, 0.15) is 0 Å². The fraction of sp³-hybridized carbons (Fsp3) is 0.250. The van der Waals surface area contributed by atoms with E-state index in [2.05, 4.69) is 21.1 Å². The van der Waals surface area contributed by atoms with E-state index in [0.29, 0.717) is 28.5 Å². The lowest BCUT2D eigenvalue weighted by atomic mass is 9.92. The highest BCUT2D eigenvalue weighted by atomic mass is 79.9. The Kier molecular flexibility index (Phi) is 4.58. The Morgan fingerprint density at radius 2 is 1.82 bits per heavy atom. The number of rotatable bonds is 4. The standard InChI is InChI=1S/C20H17BrN2O5/c1-26-16-5-3-4-14(18(16)27-2)15-10-20(28-22-15)11-17(24)23(19(20)25)13-8-6-12(21)7-9-13/h3-9H,10-11H2,1-2H3/t20-/m1/s1. The van der Waals surface area contributed by atoms with Crippen LogP contribution in [0.15, 0.2) is 52.1 Å². The van der Waals surface area contributed by atoms with E-state index in [4.69, 9.17) is 14.3 Å². The largest absolute Gasteiger partial charge is 0.493 e. The Hall–Kier alpha value is -2.87. The summed E-state index contributed by atoms with van der Waals surface area (Å²) >= 11 is 3.35. The summed E-state index contributed by atoms with van der Waals surface area (Å²) in [6, 6.07) is 12.4. The first kappa shape index (κ1) is 18.5. The number of anilines is 1. The van der Waals surface area contributed by atoms with Crippen LogP contribution in [0.3, 0.4) is 0 Å². The molecule has 1 atom stereocenters. The lowest BCUT2D eigenvalue weighted by molar-refractivity contribution is -0.136. The van der Waals surface area contributed by atoms with Crippen LogP contribution in [0.1, 0.15) is 18.4 Å². The molecular formula is C20H17BrN2O5. The van der Waals surface area contributed by atoms with E-state index in [1.807, 2.05) is 6.07 Å². The topological polar surface area (TPSA) is 77.4 Å². The number of amides is 2. The van der Waals surface area contributed by atoms with Crippen LogP contribution in [-0.2, 0) is 14.4 Å². The van der Waals surface area contributed by atoms with E-state index in [0.717, 1.165) is 9.37 Å². The molecule has 4 rings (SSSR count). The summed E-state index contributed by atoms with van der Waals surface area (Å²) in [7, 11) is 3.08. The SMILES string of the molecule is COc1cccc(C2=NO[C@@]3(CC(=O)N(c4ccc(Br)cc4)C3=O)C2)c1OC. The zero-order valence-electron chi connectivity index (χ0n) is 15.3. The molecule has 2 aliphatic heterocycles. The van der Waals surface area contributed by atoms with Crippen LogP contribution in [0.2, 0.25) is 0 Å². The molecule has 28 heavy (non-hydrogen) atoms. The molecule has 0 N–H and O–H groups in total. The molecule has 0 aromatic heterocycles. The molecule has 2 amide bonds. The van der Waals surface area contributed by atoms with Crippen molar-refractivity contribution in [1.82, 2.24) is 0 Å². The summed E-state index contributed by atoms with van der Waals surface area (Å²) in [5, 5.41) is 4.13. The van der Waals surface area contributed by atoms with Gasteiger partial charge in [-0.3, -0.25) is 9.59 Å². The quantitative estimate of drug-likeness (QED) is 0.676. The average molecular weight is 445 g/mol. The van der Waals surface area contributed by atoms with Crippen LogP contribution in [0.5, 0.6) is 11.5 Å². The van der Waals surface area contributed by atoms with Crippen LogP contribution in [0.4, 0.5) is 5.69 Å². The van der Waals surface area contributed by atoms with Crippen molar-refractivity contribution in [3.63, 3.8) is 0 Å². The summed E-state index contributed by atoms with van der Waals surface area (Å²) in [6.07, 6.45) is 0.106. The fourth-order valence-electron chi connectivity index (χ4n) is 3.51. The van der Waals surface area contributed by atoms with E-state index in [-0.39, 0.29) is 18.7 Å². The van der Waals surface area contributed by atoms with Gasteiger partial charge in [0.15, 0.2) is 11.5 Å². The maximum Gasteiger partial charge on any atom is 0.281 e. The minimum atomic E-state index is -1.33. The minimum absolute atomic E-state index is 0.0683. The summed E-state index contributed by atoms with van der Waals surface area (Å²) < 4.78 is 11.6. The molecule has 2 aromatic carbocycles. The van der Waals surface area contributed by atoms with E-state index in [1.165, 1.54) is 7.11 Å². The van der Waals surface area contributed by atoms with E-state index >= 15 is 0 Å². The molecule has 2 aromatic rings. The van der Waals surface area contributed by atoms with Crippen LogP contribution in [-0.4, -0.2) is 37.3 Å². The van der Waals surface area contributed by atoms with Gasteiger partial charge in [-0.05, 0) is 36.4 Å². The number of imide groups is 1. The molecule has 0 unspecified atom stereocenters. The molecular weight excluding hydrogens is 428 g/mol. The van der Waals surface area contributed by atoms with E-state index < -0.39 is 11.5 Å². The Labute approximate surface area is 170 Å². The predicted molar refractivity (Wildman–Crippen MR) is 106 cm³/mol. The van der Waals surface area contributed by atoms with E-state index in [1.54, 1.807) is 43.5 Å². The van der Waals surface area contributed by atoms with Crippen molar-refractivity contribution >= 4 is 39.1 Å². The number of para-hydroxylation sites is 1. The Bertz CT molecular complexity index is 989. The molecule has 1 spiro atoms. The summed E-state index contributed by atoms with van der Waals surface area (Å²) in [6.45, 7) is 0. The van der Waals surface area contributed by atoms with Gasteiger partial charge in [-0.1, -0.05) is 27.2 Å². The van der Waals surface area contributed by atoms with Crippen LogP contribution in [0, 0.1) is 0 Å². The third-order valence-corrected chi connectivity index (χ3v) is 5.39. The zero-order chi connectivity index (χ0) is 19.9. The number of hydrogen-bond acceptors (Lipinski definition) is 6. The molecule has 2 heterocycles. The first-order chi connectivity index (χ1) is 13.5. The van der Waals surface area contributed by atoms with Crippen molar-refractivity contribution in [1.29, 1.82) is 0 Å². The highest BCUT2D eigenvalue weighted by molar-refractivity contribution is 9.10. The minimum Gasteiger partial charge on any atom is -0.493 e. The van der Waals surface area contributed by atoms with Crippen molar-refractivity contribution in [2.45, 2.75) is 18.4 Å². The summed E-state index contributed by atoms with van der Waals surface area (Å²) in [5.74, 6) is 0.321. The number of ether oxygens (including phenoxy) is 2. The van der Waals surface area contributed by atoms with Crippen molar-refractivity contribution in [3.8, 4) is 11.5 Å². The molecule has 144 valence electrons. The zero-order valence-corrected chi connectivity index (χ0v) is 16.9. The number of methoxy groups -OCH3 is 2. The van der Waals surface area contributed by atoms with Gasteiger partial charge in [-0.2, -0.15) is 0 Å². The Morgan fingerprint density at radius 1 is 1.07 bits per heavy atom. The number of benzene rings is 2. The number of carbonyl (C=O) groups excluding carboxylic acids is 2. The molecule has 0 bridgehead atoms. The maximum atomic E-state index is 13.1.